The summed E-state index contributed by atoms with van der Waals surface area (Å²) in [5.41, 5.74) is 1.03. The Labute approximate surface area is 101 Å². The summed E-state index contributed by atoms with van der Waals surface area (Å²) in [6.45, 7) is 0.459. The summed E-state index contributed by atoms with van der Waals surface area (Å²) in [5.74, 6) is -4.75. The molecular weight excluding hydrogens is 251 g/mol. The van der Waals surface area contributed by atoms with E-state index in [4.69, 9.17) is 10.2 Å². The van der Waals surface area contributed by atoms with E-state index in [1.54, 1.807) is 24.4 Å². The Bertz CT molecular complexity index is 426. The average Bonchev–Trinajstić information content (AvgIpc) is 2.25. The molecule has 0 bridgehead atoms. The van der Waals surface area contributed by atoms with Gasteiger partial charge in [0.05, 0.1) is 6.54 Å². The third-order valence-corrected chi connectivity index (χ3v) is 2.26. The Morgan fingerprint density at radius 1 is 1.22 bits per heavy atom. The Balaban J connectivity index is 2.65. The minimum atomic E-state index is -5.23. The lowest BCUT2D eigenvalue weighted by Gasteiger charge is -2.24. The maximum absolute atomic E-state index is 12.1. The van der Waals surface area contributed by atoms with Gasteiger partial charge in [-0.2, -0.15) is 13.2 Å². The number of halogens is 3. The minimum Gasteiger partial charge on any atom is -0.357 e. The van der Waals surface area contributed by atoms with Gasteiger partial charge in [-0.15, -0.1) is 0 Å². The topological polar surface area (TPSA) is 69.6 Å². The van der Waals surface area contributed by atoms with Gasteiger partial charge >= 0.3 is 6.18 Å². The second kappa shape index (κ2) is 4.95. The van der Waals surface area contributed by atoms with Crippen LogP contribution >= 0.6 is 0 Å². The van der Waals surface area contributed by atoms with Gasteiger partial charge in [0.15, 0.2) is 0 Å². The van der Waals surface area contributed by atoms with Crippen LogP contribution in [0.4, 0.5) is 13.2 Å². The summed E-state index contributed by atoms with van der Waals surface area (Å²) in [6.07, 6.45) is -5.23. The highest BCUT2D eigenvalue weighted by Crippen LogP contribution is 2.27. The van der Waals surface area contributed by atoms with Gasteiger partial charge in [-0.3, -0.25) is 4.79 Å². The van der Waals surface area contributed by atoms with Crippen LogP contribution < -0.4 is 5.32 Å². The second-order valence-electron chi connectivity index (χ2n) is 3.86. The van der Waals surface area contributed by atoms with Crippen molar-refractivity contribution in [3.05, 3.63) is 35.4 Å². The van der Waals surface area contributed by atoms with Crippen molar-refractivity contribution in [3.63, 3.8) is 0 Å². The van der Waals surface area contributed by atoms with E-state index in [1.165, 1.54) is 12.1 Å². The molecule has 0 aromatic heterocycles. The van der Waals surface area contributed by atoms with Crippen LogP contribution in [0.2, 0.25) is 0 Å². The number of carbonyl (C=O) groups excluding carboxylic acids is 1. The van der Waals surface area contributed by atoms with Gasteiger partial charge in [-0.25, -0.2) is 0 Å². The Morgan fingerprint density at radius 3 is 2.17 bits per heavy atom. The zero-order valence-electron chi connectivity index (χ0n) is 9.45. The molecule has 0 fully saturated rings. The van der Waals surface area contributed by atoms with Crippen molar-refractivity contribution in [2.75, 3.05) is 6.54 Å². The second-order valence-corrected chi connectivity index (χ2v) is 3.86. The molecule has 0 aliphatic rings. The lowest BCUT2D eigenvalue weighted by Crippen LogP contribution is -2.53. The lowest BCUT2D eigenvalue weighted by molar-refractivity contribution is -0.344. The molecule has 0 heterocycles. The van der Waals surface area contributed by atoms with E-state index in [2.05, 4.69) is 0 Å². The molecule has 1 rings (SSSR count). The van der Waals surface area contributed by atoms with Crippen molar-refractivity contribution in [1.82, 2.24) is 5.32 Å². The van der Waals surface area contributed by atoms with E-state index >= 15 is 0 Å². The monoisotopic (exact) mass is 263 g/mol. The van der Waals surface area contributed by atoms with E-state index in [1.807, 2.05) is 0 Å². The highest BCUT2D eigenvalue weighted by Gasteiger charge is 2.52. The molecule has 1 amide bonds. The first kappa shape index (κ1) is 14.5. The van der Waals surface area contributed by atoms with Crippen LogP contribution in [0, 0.1) is 6.92 Å². The summed E-state index contributed by atoms with van der Waals surface area (Å²) in [6, 6.07) is 6.08. The molecule has 0 saturated heterocycles. The lowest BCUT2D eigenvalue weighted by atomic mass is 10.1. The molecule has 0 radical (unpaired) electrons. The average molecular weight is 263 g/mol. The van der Waals surface area contributed by atoms with Crippen LogP contribution in [0.5, 0.6) is 0 Å². The molecule has 1 aromatic carbocycles. The van der Waals surface area contributed by atoms with Gasteiger partial charge in [0, 0.05) is 5.56 Å². The fraction of sp³-hybridized carbons (Fsp3) is 0.364. The molecule has 0 atom stereocenters. The zero-order chi connectivity index (χ0) is 14.0. The van der Waals surface area contributed by atoms with Crippen LogP contribution in [0.15, 0.2) is 24.3 Å². The number of rotatable bonds is 3. The molecule has 0 aliphatic heterocycles. The van der Waals surface area contributed by atoms with Crippen LogP contribution in [-0.4, -0.2) is 34.6 Å². The third-order valence-electron chi connectivity index (χ3n) is 2.26. The molecular formula is C11H12F3NO3. The molecule has 4 nitrogen and oxygen atoms in total. The van der Waals surface area contributed by atoms with Gasteiger partial charge in [0.1, 0.15) is 0 Å². The number of amides is 1. The van der Waals surface area contributed by atoms with E-state index in [0.29, 0.717) is 0 Å². The minimum absolute atomic E-state index is 0.138. The van der Waals surface area contributed by atoms with Crippen molar-refractivity contribution < 1.29 is 28.2 Å². The van der Waals surface area contributed by atoms with E-state index in [0.717, 1.165) is 5.56 Å². The third kappa shape index (κ3) is 3.44. The highest BCUT2D eigenvalue weighted by atomic mass is 19.4. The number of carbonyl (C=O) groups is 1. The molecule has 3 N–H and O–H groups in total. The maximum atomic E-state index is 12.1. The molecule has 100 valence electrons. The Hall–Kier alpha value is -1.60. The largest absolute Gasteiger partial charge is 0.444 e. The smallest absolute Gasteiger partial charge is 0.357 e. The molecule has 0 spiro atoms. The molecule has 1 aromatic rings. The Kier molecular flexibility index (Phi) is 3.98. The summed E-state index contributed by atoms with van der Waals surface area (Å²) in [7, 11) is 0. The predicted molar refractivity (Wildman–Crippen MR) is 56.7 cm³/mol. The van der Waals surface area contributed by atoms with E-state index in [-0.39, 0.29) is 5.56 Å². The van der Waals surface area contributed by atoms with E-state index < -0.39 is 24.4 Å². The molecule has 7 heteroatoms. The fourth-order valence-electron chi connectivity index (χ4n) is 1.11. The molecule has 0 aliphatic carbocycles. The van der Waals surface area contributed by atoms with Crippen molar-refractivity contribution in [2.45, 2.75) is 18.9 Å². The SMILES string of the molecule is Cc1ccc(C(=O)NCC(O)(O)C(F)(F)F)cc1. The van der Waals surface area contributed by atoms with Gasteiger partial charge < -0.3 is 15.5 Å². The quantitative estimate of drug-likeness (QED) is 0.712. The normalized spacial score (nSPS) is 12.3. The number of hydrogen-bond acceptors (Lipinski definition) is 3. The first-order valence-corrected chi connectivity index (χ1v) is 5.00. The summed E-state index contributed by atoms with van der Waals surface area (Å²) >= 11 is 0. The first-order chi connectivity index (χ1) is 8.13. The van der Waals surface area contributed by atoms with Gasteiger partial charge in [-0.1, -0.05) is 17.7 Å². The Morgan fingerprint density at radius 2 is 1.72 bits per heavy atom. The van der Waals surface area contributed by atoms with Crippen LogP contribution in [0.25, 0.3) is 0 Å². The maximum Gasteiger partial charge on any atom is 0.444 e. The molecule has 0 unspecified atom stereocenters. The van der Waals surface area contributed by atoms with E-state index in [9.17, 15) is 18.0 Å². The van der Waals surface area contributed by atoms with Crippen LogP contribution in [0.1, 0.15) is 15.9 Å². The predicted octanol–water partition coefficient (Wildman–Crippen LogP) is 0.968. The fourth-order valence-corrected chi connectivity index (χ4v) is 1.11. The standard InChI is InChI=1S/C11H12F3NO3/c1-7-2-4-8(5-3-7)9(16)15-6-10(17,18)11(12,13)14/h2-5,17-18H,6H2,1H3,(H,15,16). The first-order valence-electron chi connectivity index (χ1n) is 5.00. The van der Waals surface area contributed by atoms with Gasteiger partial charge in [0.25, 0.3) is 11.7 Å². The summed E-state index contributed by atoms with van der Waals surface area (Å²) in [5, 5.41) is 19.2. The number of alkyl halides is 3. The highest BCUT2D eigenvalue weighted by molar-refractivity contribution is 5.94. The van der Waals surface area contributed by atoms with Crippen molar-refractivity contribution >= 4 is 5.91 Å². The van der Waals surface area contributed by atoms with Crippen molar-refractivity contribution in [2.24, 2.45) is 0 Å². The summed E-state index contributed by atoms with van der Waals surface area (Å²) in [4.78, 5) is 11.4. The van der Waals surface area contributed by atoms with Gasteiger partial charge in [0.2, 0.25) is 0 Å². The number of aliphatic hydroxyl groups is 2. The van der Waals surface area contributed by atoms with Crippen LogP contribution in [-0.2, 0) is 0 Å². The molecule has 18 heavy (non-hydrogen) atoms. The van der Waals surface area contributed by atoms with Gasteiger partial charge in [-0.05, 0) is 19.1 Å². The van der Waals surface area contributed by atoms with Crippen molar-refractivity contribution in [1.29, 1.82) is 0 Å². The molecule has 0 saturated carbocycles. The number of benzene rings is 1. The number of aryl methyl sites for hydroxylation is 1. The van der Waals surface area contributed by atoms with Crippen molar-refractivity contribution in [3.8, 4) is 0 Å². The summed E-state index contributed by atoms with van der Waals surface area (Å²) < 4.78 is 36.3. The number of nitrogens with one attached hydrogen (secondary N) is 1. The van der Waals surface area contributed by atoms with Crippen LogP contribution in [0.3, 0.4) is 0 Å². The number of hydrogen-bond donors (Lipinski definition) is 3. The zero-order valence-corrected chi connectivity index (χ0v) is 9.45.